The highest BCUT2D eigenvalue weighted by molar-refractivity contribution is 7.21. The van der Waals surface area contributed by atoms with Crippen molar-refractivity contribution in [3.05, 3.63) is 77.2 Å². The third-order valence-corrected chi connectivity index (χ3v) is 5.58. The van der Waals surface area contributed by atoms with Crippen molar-refractivity contribution in [2.75, 3.05) is 12.8 Å². The van der Waals surface area contributed by atoms with Gasteiger partial charge in [-0.2, -0.15) is 0 Å². The molecule has 140 valence electrons. The number of anilines is 1. The maximum Gasteiger partial charge on any atom is 0.263 e. The van der Waals surface area contributed by atoms with Gasteiger partial charge in [0.2, 0.25) is 0 Å². The number of ether oxygens (including phenoxy) is 1. The fraction of sp³-hybridized carbons (Fsp3) is 0.0909. The highest BCUT2D eigenvalue weighted by Gasteiger charge is 2.17. The predicted octanol–water partition coefficient (Wildman–Crippen LogP) is 4.48. The van der Waals surface area contributed by atoms with E-state index < -0.39 is 0 Å². The predicted molar refractivity (Wildman–Crippen MR) is 114 cm³/mol. The summed E-state index contributed by atoms with van der Waals surface area (Å²) in [6.07, 6.45) is 0. The lowest BCUT2D eigenvalue weighted by Crippen LogP contribution is -2.22. The van der Waals surface area contributed by atoms with Crippen LogP contribution in [0.1, 0.15) is 15.2 Å². The van der Waals surface area contributed by atoms with E-state index in [-0.39, 0.29) is 5.91 Å². The van der Waals surface area contributed by atoms with Gasteiger partial charge in [0.1, 0.15) is 15.5 Å². The fourth-order valence-electron chi connectivity index (χ4n) is 2.97. The van der Waals surface area contributed by atoms with E-state index in [0.717, 1.165) is 32.8 Å². The number of hydrogen-bond acceptors (Lipinski definition) is 5. The topological polar surface area (TPSA) is 77.2 Å². The van der Waals surface area contributed by atoms with Crippen LogP contribution in [0.15, 0.2) is 66.7 Å². The summed E-state index contributed by atoms with van der Waals surface area (Å²) in [5.41, 5.74) is 9.49. The highest BCUT2D eigenvalue weighted by atomic mass is 32.1. The van der Waals surface area contributed by atoms with Crippen LogP contribution in [0.25, 0.3) is 21.5 Å². The Hall–Kier alpha value is -3.38. The molecule has 4 rings (SSSR count). The maximum atomic E-state index is 12.6. The van der Waals surface area contributed by atoms with E-state index in [1.54, 1.807) is 7.11 Å². The first kappa shape index (κ1) is 18.0. The summed E-state index contributed by atoms with van der Waals surface area (Å²) in [7, 11) is 1.63. The second-order valence-electron chi connectivity index (χ2n) is 6.29. The molecule has 1 amide bonds. The Labute approximate surface area is 166 Å². The molecular formula is C22H19N3O2S. The number of methoxy groups -OCH3 is 1. The van der Waals surface area contributed by atoms with Gasteiger partial charge in [0.15, 0.2) is 0 Å². The fourth-order valence-corrected chi connectivity index (χ4v) is 3.98. The van der Waals surface area contributed by atoms with Crippen molar-refractivity contribution in [2.45, 2.75) is 6.54 Å². The van der Waals surface area contributed by atoms with Gasteiger partial charge >= 0.3 is 0 Å². The van der Waals surface area contributed by atoms with Gasteiger partial charge in [0.05, 0.1) is 18.5 Å². The van der Waals surface area contributed by atoms with Crippen LogP contribution < -0.4 is 15.8 Å². The standard InChI is InChI=1S/C22H19N3O2S/c1-27-16-9-5-8-15(12-16)18-11-10-17-19(23)20(28-22(17)25-18)21(26)24-13-14-6-3-2-4-7-14/h2-12H,13,23H2,1H3,(H,24,26). The Morgan fingerprint density at radius 1 is 1.11 bits per heavy atom. The average Bonchev–Trinajstić information content (AvgIpc) is 3.09. The summed E-state index contributed by atoms with van der Waals surface area (Å²) < 4.78 is 5.28. The maximum absolute atomic E-state index is 12.6. The van der Waals surface area contributed by atoms with Gasteiger partial charge < -0.3 is 15.8 Å². The molecule has 2 aromatic carbocycles. The normalized spacial score (nSPS) is 10.8. The van der Waals surface area contributed by atoms with Crippen molar-refractivity contribution in [3.8, 4) is 17.0 Å². The van der Waals surface area contributed by atoms with E-state index >= 15 is 0 Å². The third kappa shape index (κ3) is 3.54. The van der Waals surface area contributed by atoms with Crippen LogP contribution in [0.5, 0.6) is 5.75 Å². The molecule has 2 heterocycles. The third-order valence-electron chi connectivity index (χ3n) is 4.46. The molecule has 5 nitrogen and oxygen atoms in total. The largest absolute Gasteiger partial charge is 0.497 e. The molecule has 0 aliphatic rings. The quantitative estimate of drug-likeness (QED) is 0.527. The summed E-state index contributed by atoms with van der Waals surface area (Å²) in [6, 6.07) is 21.3. The number of pyridine rings is 1. The number of carbonyl (C=O) groups is 1. The van der Waals surface area contributed by atoms with Crippen molar-refractivity contribution in [1.82, 2.24) is 10.3 Å². The van der Waals surface area contributed by atoms with E-state index in [9.17, 15) is 4.79 Å². The monoisotopic (exact) mass is 389 g/mol. The van der Waals surface area contributed by atoms with Gasteiger partial charge in [0.25, 0.3) is 5.91 Å². The van der Waals surface area contributed by atoms with Crippen molar-refractivity contribution in [1.29, 1.82) is 0 Å². The molecular weight excluding hydrogens is 370 g/mol. The lowest BCUT2D eigenvalue weighted by atomic mass is 10.1. The molecule has 3 N–H and O–H groups in total. The van der Waals surface area contributed by atoms with Crippen molar-refractivity contribution >= 4 is 33.1 Å². The molecule has 0 aliphatic heterocycles. The van der Waals surface area contributed by atoms with Crippen LogP contribution in [0.3, 0.4) is 0 Å². The van der Waals surface area contributed by atoms with E-state index in [2.05, 4.69) is 5.32 Å². The zero-order valence-corrected chi connectivity index (χ0v) is 16.1. The van der Waals surface area contributed by atoms with Crippen LogP contribution in [-0.2, 0) is 6.54 Å². The number of rotatable bonds is 5. The molecule has 0 fully saturated rings. The first-order valence-corrected chi connectivity index (χ1v) is 9.63. The number of hydrogen-bond donors (Lipinski definition) is 2. The minimum atomic E-state index is -0.188. The number of amides is 1. The SMILES string of the molecule is COc1cccc(-c2ccc3c(N)c(C(=O)NCc4ccccc4)sc3n2)c1. The number of fused-ring (bicyclic) bond motifs is 1. The number of aromatic nitrogens is 1. The van der Waals surface area contributed by atoms with Crippen LogP contribution in [0.2, 0.25) is 0 Å². The molecule has 2 aromatic heterocycles. The number of carbonyl (C=O) groups excluding carboxylic acids is 1. The molecule has 4 aromatic rings. The molecule has 0 bridgehead atoms. The molecule has 0 radical (unpaired) electrons. The Balaban J connectivity index is 1.61. The number of nitrogen functional groups attached to an aromatic ring is 1. The lowest BCUT2D eigenvalue weighted by Gasteiger charge is -2.04. The summed E-state index contributed by atoms with van der Waals surface area (Å²) in [5.74, 6) is 0.582. The van der Waals surface area contributed by atoms with Gasteiger partial charge in [-0.05, 0) is 29.8 Å². The minimum absolute atomic E-state index is 0.188. The number of nitrogens with zero attached hydrogens (tertiary/aromatic N) is 1. The molecule has 0 aliphatic carbocycles. The molecule has 0 atom stereocenters. The van der Waals surface area contributed by atoms with Gasteiger partial charge in [-0.1, -0.05) is 42.5 Å². The Kier molecular flexibility index (Phi) is 4.95. The molecule has 6 heteroatoms. The number of thiophene rings is 1. The van der Waals surface area contributed by atoms with Crippen LogP contribution in [-0.4, -0.2) is 18.0 Å². The first-order chi connectivity index (χ1) is 13.7. The van der Waals surface area contributed by atoms with Crippen LogP contribution in [0, 0.1) is 0 Å². The van der Waals surface area contributed by atoms with E-state index in [0.29, 0.717) is 17.1 Å². The van der Waals surface area contributed by atoms with Gasteiger partial charge in [-0.25, -0.2) is 4.98 Å². The molecule has 0 spiro atoms. The summed E-state index contributed by atoms with van der Waals surface area (Å²) >= 11 is 1.31. The Bertz CT molecular complexity index is 1140. The van der Waals surface area contributed by atoms with E-state index in [4.69, 9.17) is 15.5 Å². The summed E-state index contributed by atoms with van der Waals surface area (Å²) in [5, 5.41) is 3.72. The summed E-state index contributed by atoms with van der Waals surface area (Å²) in [4.78, 5) is 18.6. The second kappa shape index (κ2) is 7.70. The smallest absolute Gasteiger partial charge is 0.263 e. The van der Waals surface area contributed by atoms with E-state index in [1.807, 2.05) is 66.7 Å². The average molecular weight is 389 g/mol. The second-order valence-corrected chi connectivity index (χ2v) is 7.29. The molecule has 0 saturated heterocycles. The zero-order chi connectivity index (χ0) is 19.5. The van der Waals surface area contributed by atoms with Crippen LogP contribution in [0.4, 0.5) is 5.69 Å². The molecule has 28 heavy (non-hydrogen) atoms. The van der Waals surface area contributed by atoms with Gasteiger partial charge in [-0.3, -0.25) is 4.79 Å². The van der Waals surface area contributed by atoms with Crippen molar-refractivity contribution in [2.24, 2.45) is 0 Å². The first-order valence-electron chi connectivity index (χ1n) is 8.81. The van der Waals surface area contributed by atoms with Crippen molar-refractivity contribution in [3.63, 3.8) is 0 Å². The molecule has 0 saturated carbocycles. The Morgan fingerprint density at radius 2 is 1.93 bits per heavy atom. The van der Waals surface area contributed by atoms with Gasteiger partial charge in [0, 0.05) is 17.5 Å². The molecule has 0 unspecified atom stereocenters. The number of benzene rings is 2. The number of nitrogens with two attached hydrogens (primary N) is 1. The van der Waals surface area contributed by atoms with Crippen LogP contribution >= 0.6 is 11.3 Å². The number of nitrogens with one attached hydrogen (secondary N) is 1. The van der Waals surface area contributed by atoms with E-state index in [1.165, 1.54) is 11.3 Å². The van der Waals surface area contributed by atoms with Gasteiger partial charge in [-0.15, -0.1) is 11.3 Å². The van der Waals surface area contributed by atoms with Crippen molar-refractivity contribution < 1.29 is 9.53 Å². The highest BCUT2D eigenvalue weighted by Crippen LogP contribution is 2.34. The summed E-state index contributed by atoms with van der Waals surface area (Å²) in [6.45, 7) is 0.454. The Morgan fingerprint density at radius 3 is 2.71 bits per heavy atom. The zero-order valence-electron chi connectivity index (χ0n) is 15.3. The lowest BCUT2D eigenvalue weighted by molar-refractivity contribution is 0.0956. The minimum Gasteiger partial charge on any atom is -0.497 e.